The minimum absolute atomic E-state index is 0.903. The van der Waals surface area contributed by atoms with Gasteiger partial charge in [0.15, 0.2) is 0 Å². The van der Waals surface area contributed by atoms with Gasteiger partial charge in [-0.2, -0.15) is 10.2 Å². The molecule has 0 spiro atoms. The largest absolute Gasteiger partial charge is 0.297 e. The zero-order valence-electron chi connectivity index (χ0n) is 14.1. The van der Waals surface area contributed by atoms with Crippen LogP contribution in [0.3, 0.4) is 0 Å². The Balaban J connectivity index is 1.67. The van der Waals surface area contributed by atoms with Crippen molar-refractivity contribution in [2.75, 3.05) is 0 Å². The molecule has 4 rings (SSSR count). The molecule has 8 heteroatoms. The summed E-state index contributed by atoms with van der Waals surface area (Å²) in [7, 11) is 0. The van der Waals surface area contributed by atoms with Crippen molar-refractivity contribution in [3.05, 3.63) is 66.6 Å². The molecule has 0 atom stereocenters. The number of aryl methyl sites for hydroxylation is 2. The highest BCUT2D eigenvalue weighted by atomic mass is 127. The number of aromatic nitrogens is 4. The van der Waals surface area contributed by atoms with Crippen LogP contribution in [0.2, 0.25) is 0 Å². The van der Waals surface area contributed by atoms with Crippen LogP contribution in [0.1, 0.15) is 22.8 Å². The molecule has 4 aromatic heterocycles. The third-order valence-electron chi connectivity index (χ3n) is 4.03. The van der Waals surface area contributed by atoms with Crippen LogP contribution < -0.4 is 0 Å². The van der Waals surface area contributed by atoms with E-state index in [4.69, 9.17) is 0 Å². The van der Waals surface area contributed by atoms with Crippen LogP contribution in [0.15, 0.2) is 46.9 Å². The molecule has 0 saturated heterocycles. The number of fused-ring (bicyclic) bond motifs is 2. The van der Waals surface area contributed by atoms with E-state index in [1.54, 1.807) is 12.4 Å². The summed E-state index contributed by atoms with van der Waals surface area (Å²) in [6.45, 7) is 3.95. The van der Waals surface area contributed by atoms with Gasteiger partial charge in [-0.1, -0.05) is 0 Å². The first-order chi connectivity index (χ1) is 12.5. The van der Waals surface area contributed by atoms with Gasteiger partial charge in [-0.3, -0.25) is 8.80 Å². The Labute approximate surface area is 177 Å². The van der Waals surface area contributed by atoms with Crippen LogP contribution in [0, 0.1) is 21.0 Å². The van der Waals surface area contributed by atoms with E-state index in [0.29, 0.717) is 0 Å². The van der Waals surface area contributed by atoms with E-state index in [9.17, 15) is 0 Å². The van der Waals surface area contributed by atoms with Crippen LogP contribution in [0.5, 0.6) is 0 Å². The van der Waals surface area contributed by atoms with E-state index >= 15 is 0 Å². The van der Waals surface area contributed by atoms with E-state index < -0.39 is 0 Å². The summed E-state index contributed by atoms with van der Waals surface area (Å²) in [5.74, 6) is 0. The summed E-state index contributed by atoms with van der Waals surface area (Å²) in [5, 5.41) is 8.48. The van der Waals surface area contributed by atoms with Crippen molar-refractivity contribution >= 4 is 68.9 Å². The average molecular weight is 568 g/mol. The smallest absolute Gasteiger partial charge is 0.137 e. The van der Waals surface area contributed by atoms with Gasteiger partial charge in [-0.05, 0) is 83.3 Å². The fourth-order valence-electron chi connectivity index (χ4n) is 2.80. The second-order valence-electron chi connectivity index (χ2n) is 5.81. The molecule has 0 aromatic carbocycles. The molecule has 0 aliphatic heterocycles. The lowest BCUT2D eigenvalue weighted by atomic mass is 10.3. The molecule has 26 heavy (non-hydrogen) atoms. The van der Waals surface area contributed by atoms with Crippen molar-refractivity contribution in [1.29, 1.82) is 0 Å². The van der Waals surface area contributed by atoms with Crippen molar-refractivity contribution in [3.8, 4) is 0 Å². The number of hydrogen-bond acceptors (Lipinski definition) is 4. The van der Waals surface area contributed by atoms with Crippen molar-refractivity contribution in [2.24, 2.45) is 10.2 Å². The van der Waals surface area contributed by atoms with Crippen LogP contribution in [0.25, 0.3) is 11.3 Å². The van der Waals surface area contributed by atoms with Crippen LogP contribution in [0.4, 0.5) is 0 Å². The third-order valence-corrected chi connectivity index (χ3v) is 5.31. The van der Waals surface area contributed by atoms with E-state index in [0.717, 1.165) is 41.2 Å². The van der Waals surface area contributed by atoms with Gasteiger partial charge in [-0.15, -0.1) is 0 Å². The van der Waals surface area contributed by atoms with Gasteiger partial charge >= 0.3 is 0 Å². The summed E-state index contributed by atoms with van der Waals surface area (Å²) in [5.41, 5.74) is 5.51. The minimum Gasteiger partial charge on any atom is -0.297 e. The topological polar surface area (TPSA) is 59.3 Å². The Bertz CT molecular complexity index is 1090. The molecule has 0 amide bonds. The maximum absolute atomic E-state index is 4.55. The zero-order valence-corrected chi connectivity index (χ0v) is 18.4. The summed E-state index contributed by atoms with van der Waals surface area (Å²) in [6, 6.07) is 8.07. The maximum Gasteiger partial charge on any atom is 0.137 e. The second kappa shape index (κ2) is 7.06. The molecule has 0 unspecified atom stereocenters. The first-order valence-electron chi connectivity index (χ1n) is 7.88. The lowest BCUT2D eigenvalue weighted by Crippen LogP contribution is -1.95. The third kappa shape index (κ3) is 3.27. The molecular weight excluding hydrogens is 554 g/mol. The first-order valence-corrected chi connectivity index (χ1v) is 10.0. The van der Waals surface area contributed by atoms with Crippen molar-refractivity contribution in [3.63, 3.8) is 0 Å². The van der Waals surface area contributed by atoms with Gasteiger partial charge in [0.1, 0.15) is 11.3 Å². The Morgan fingerprint density at radius 3 is 1.62 bits per heavy atom. The highest BCUT2D eigenvalue weighted by molar-refractivity contribution is 14.1. The van der Waals surface area contributed by atoms with Gasteiger partial charge in [0.25, 0.3) is 0 Å². The number of hydrogen-bond donors (Lipinski definition) is 0. The summed E-state index contributed by atoms with van der Waals surface area (Å²) in [6.07, 6.45) is 7.56. The Morgan fingerprint density at radius 1 is 0.769 bits per heavy atom. The molecule has 4 aromatic rings. The van der Waals surface area contributed by atoms with Crippen LogP contribution in [-0.2, 0) is 0 Å². The van der Waals surface area contributed by atoms with E-state index in [1.807, 2.05) is 59.3 Å². The molecule has 4 heterocycles. The molecule has 130 valence electrons. The average Bonchev–Trinajstić information content (AvgIpc) is 3.08. The normalized spacial score (nSPS) is 12.3. The summed E-state index contributed by atoms with van der Waals surface area (Å²) in [4.78, 5) is 9.10. The highest BCUT2D eigenvalue weighted by Gasteiger charge is 2.08. The van der Waals surface area contributed by atoms with Crippen molar-refractivity contribution in [1.82, 2.24) is 18.8 Å². The fourth-order valence-corrected chi connectivity index (χ4v) is 3.71. The molecule has 0 saturated carbocycles. The first kappa shape index (κ1) is 17.6. The predicted octanol–water partition coefficient (Wildman–Crippen LogP) is 4.26. The number of nitrogens with zero attached hydrogens (tertiary/aromatic N) is 6. The number of imidazole rings is 2. The molecule has 0 N–H and O–H groups in total. The van der Waals surface area contributed by atoms with Crippen molar-refractivity contribution in [2.45, 2.75) is 13.8 Å². The standard InChI is InChI=1S/C18H14I2N6/c1-11-15(25-9-13(19)3-5-17(25)23-11)7-21-22-8-16-12(2)24-18-6-4-14(20)10-26(16)18/h3-10H,1-2H3. The summed E-state index contributed by atoms with van der Waals surface area (Å²) >= 11 is 4.57. The van der Waals surface area contributed by atoms with E-state index in [-0.39, 0.29) is 0 Å². The van der Waals surface area contributed by atoms with Gasteiger partial charge in [-0.25, -0.2) is 9.97 Å². The lowest BCUT2D eigenvalue weighted by Gasteiger charge is -1.98. The second-order valence-corrected chi connectivity index (χ2v) is 8.30. The molecule has 0 radical (unpaired) electrons. The maximum atomic E-state index is 4.55. The van der Waals surface area contributed by atoms with E-state index in [2.05, 4.69) is 65.4 Å². The molecule has 0 aliphatic rings. The predicted molar refractivity (Wildman–Crippen MR) is 120 cm³/mol. The quantitative estimate of drug-likeness (QED) is 0.211. The van der Waals surface area contributed by atoms with Crippen molar-refractivity contribution < 1.29 is 0 Å². The van der Waals surface area contributed by atoms with Gasteiger partial charge in [0.05, 0.1) is 35.2 Å². The molecule has 0 fully saturated rings. The molecular formula is C18H14I2N6. The minimum atomic E-state index is 0.903. The lowest BCUT2D eigenvalue weighted by molar-refractivity contribution is 1.13. The highest BCUT2D eigenvalue weighted by Crippen LogP contribution is 2.14. The Kier molecular flexibility index (Phi) is 4.78. The van der Waals surface area contributed by atoms with Crippen LogP contribution in [-0.4, -0.2) is 31.2 Å². The van der Waals surface area contributed by atoms with Gasteiger partial charge in [0, 0.05) is 19.5 Å². The number of pyridine rings is 2. The van der Waals surface area contributed by atoms with E-state index in [1.165, 1.54) is 0 Å². The Hall–Kier alpha value is -1.82. The van der Waals surface area contributed by atoms with Gasteiger partial charge in [0.2, 0.25) is 0 Å². The fraction of sp³-hybridized carbons (Fsp3) is 0.111. The monoisotopic (exact) mass is 568 g/mol. The Morgan fingerprint density at radius 2 is 1.19 bits per heavy atom. The SMILES string of the molecule is Cc1nc2ccc(I)cn2c1C=NN=Cc1c(C)nc2ccc(I)cn12. The molecule has 0 bridgehead atoms. The van der Waals surface area contributed by atoms with Gasteiger partial charge < -0.3 is 0 Å². The number of rotatable bonds is 3. The number of halogens is 2. The summed E-state index contributed by atoms with van der Waals surface area (Å²) < 4.78 is 6.33. The zero-order chi connectivity index (χ0) is 18.3. The molecule has 6 nitrogen and oxygen atoms in total. The van der Waals surface area contributed by atoms with Crippen LogP contribution >= 0.6 is 45.2 Å². The molecule has 0 aliphatic carbocycles.